The number of benzene rings is 1. The molecule has 0 heterocycles. The van der Waals surface area contributed by atoms with E-state index in [1.54, 1.807) is 12.1 Å². The lowest BCUT2D eigenvalue weighted by molar-refractivity contribution is 0.0476. The number of rotatable bonds is 8. The number of primary sulfonamides is 1. The fraction of sp³-hybridized carbons (Fsp3) is 0.600. The number of sulfonamides is 1. The molecule has 0 bridgehead atoms. The number of carbonyl (C=O) groups is 1. The van der Waals surface area contributed by atoms with Gasteiger partial charge in [0.1, 0.15) is 5.60 Å². The van der Waals surface area contributed by atoms with Crippen LogP contribution in [0.2, 0.25) is 0 Å². The Hall–Kier alpha value is -1.60. The first-order valence-electron chi connectivity index (χ1n) is 9.87. The van der Waals surface area contributed by atoms with Gasteiger partial charge in [-0.25, -0.2) is 18.4 Å². The zero-order valence-corrected chi connectivity index (χ0v) is 22.3. The summed E-state index contributed by atoms with van der Waals surface area (Å²) in [5.41, 5.74) is -0.182. The Balaban J connectivity index is 0.00000900. The molecule has 9 nitrogen and oxygen atoms in total. The van der Waals surface area contributed by atoms with Crippen molar-refractivity contribution in [3.8, 4) is 0 Å². The standard InChI is InChI=1S/C20H35N5O4S.HI/c1-7-22-17(24-14-20(5,6)25-18(26)29-19(2,3)4)23-13-12-15-8-10-16(11-9-15)30(21,27)28;/h8-11H,7,12-14H2,1-6H3,(H,25,26)(H2,21,27,28)(H2,22,23,24);1H. The topological polar surface area (TPSA) is 135 Å². The highest BCUT2D eigenvalue weighted by atomic mass is 127. The third kappa shape index (κ3) is 12.8. The molecule has 11 heteroatoms. The lowest BCUT2D eigenvalue weighted by Crippen LogP contribution is -2.49. The van der Waals surface area contributed by atoms with Gasteiger partial charge in [-0.2, -0.15) is 0 Å². The van der Waals surface area contributed by atoms with Crippen LogP contribution in [0.15, 0.2) is 34.2 Å². The molecule has 1 amide bonds. The van der Waals surface area contributed by atoms with E-state index < -0.39 is 27.3 Å². The van der Waals surface area contributed by atoms with Gasteiger partial charge in [0.05, 0.1) is 17.0 Å². The van der Waals surface area contributed by atoms with E-state index in [0.717, 1.165) is 5.56 Å². The minimum atomic E-state index is -3.68. The van der Waals surface area contributed by atoms with Gasteiger partial charge >= 0.3 is 6.09 Å². The Morgan fingerprint density at radius 2 is 1.68 bits per heavy atom. The first-order valence-corrected chi connectivity index (χ1v) is 11.4. The van der Waals surface area contributed by atoms with Gasteiger partial charge in [0.15, 0.2) is 5.96 Å². The summed E-state index contributed by atoms with van der Waals surface area (Å²) < 4.78 is 27.9. The Labute approximate surface area is 203 Å². The van der Waals surface area contributed by atoms with Crippen molar-refractivity contribution in [1.82, 2.24) is 16.0 Å². The van der Waals surface area contributed by atoms with Crippen LogP contribution in [0, 0.1) is 0 Å². The van der Waals surface area contributed by atoms with Gasteiger partial charge < -0.3 is 20.7 Å². The number of hydrogen-bond donors (Lipinski definition) is 4. The molecule has 0 aliphatic carbocycles. The van der Waals surface area contributed by atoms with Crippen LogP contribution in [-0.2, 0) is 21.2 Å². The number of nitrogens with two attached hydrogens (primary N) is 1. The molecule has 0 aromatic heterocycles. The predicted octanol–water partition coefficient (Wildman–Crippen LogP) is 2.35. The minimum absolute atomic E-state index is 0. The number of alkyl carbamates (subject to hydrolysis) is 1. The Morgan fingerprint density at radius 1 is 1.10 bits per heavy atom. The molecule has 31 heavy (non-hydrogen) atoms. The summed E-state index contributed by atoms with van der Waals surface area (Å²) in [5, 5.41) is 14.3. The summed E-state index contributed by atoms with van der Waals surface area (Å²) in [5.74, 6) is 0.623. The van der Waals surface area contributed by atoms with E-state index in [9.17, 15) is 13.2 Å². The van der Waals surface area contributed by atoms with E-state index in [-0.39, 0.29) is 28.9 Å². The summed E-state index contributed by atoms with van der Waals surface area (Å²) in [4.78, 5) is 16.6. The number of halogens is 1. The third-order valence-corrected chi connectivity index (χ3v) is 4.70. The van der Waals surface area contributed by atoms with Gasteiger partial charge in [-0.05, 0) is 65.7 Å². The molecule has 1 aromatic rings. The monoisotopic (exact) mass is 569 g/mol. The largest absolute Gasteiger partial charge is 0.444 e. The van der Waals surface area contributed by atoms with E-state index in [4.69, 9.17) is 9.88 Å². The zero-order chi connectivity index (χ0) is 23.0. The van der Waals surface area contributed by atoms with Crippen molar-refractivity contribution in [1.29, 1.82) is 0 Å². The molecule has 0 aliphatic heterocycles. The smallest absolute Gasteiger partial charge is 0.408 e. The van der Waals surface area contributed by atoms with Crippen LogP contribution in [-0.4, -0.2) is 51.2 Å². The van der Waals surface area contributed by atoms with E-state index in [2.05, 4.69) is 20.9 Å². The molecule has 0 spiro atoms. The summed E-state index contributed by atoms with van der Waals surface area (Å²) in [6.45, 7) is 12.8. The van der Waals surface area contributed by atoms with E-state index in [1.807, 2.05) is 41.5 Å². The Bertz CT molecular complexity index is 834. The van der Waals surface area contributed by atoms with Crippen molar-refractivity contribution in [3.05, 3.63) is 29.8 Å². The minimum Gasteiger partial charge on any atom is -0.444 e. The third-order valence-electron chi connectivity index (χ3n) is 3.77. The first kappa shape index (κ1) is 29.4. The number of nitrogens with zero attached hydrogens (tertiary/aromatic N) is 1. The SMILES string of the molecule is CCNC(=NCC(C)(C)NC(=O)OC(C)(C)C)NCCc1ccc(S(N)(=O)=O)cc1.I. The van der Waals surface area contributed by atoms with Crippen LogP contribution in [0.1, 0.15) is 47.1 Å². The number of hydrogen-bond acceptors (Lipinski definition) is 5. The second-order valence-corrected chi connectivity index (χ2v) is 10.1. The molecule has 0 saturated carbocycles. The summed E-state index contributed by atoms with van der Waals surface area (Å²) in [6, 6.07) is 6.46. The normalized spacial score (nSPS) is 12.5. The molecule has 0 unspecified atom stereocenters. The summed E-state index contributed by atoms with van der Waals surface area (Å²) >= 11 is 0. The van der Waals surface area contributed by atoms with Crippen LogP contribution in [0.3, 0.4) is 0 Å². The maximum Gasteiger partial charge on any atom is 0.408 e. The van der Waals surface area contributed by atoms with Crippen LogP contribution >= 0.6 is 24.0 Å². The highest BCUT2D eigenvalue weighted by molar-refractivity contribution is 14.0. The molecule has 0 saturated heterocycles. The van der Waals surface area contributed by atoms with E-state index in [1.165, 1.54) is 12.1 Å². The number of aliphatic imine (C=N–C) groups is 1. The molecule has 0 radical (unpaired) electrons. The van der Waals surface area contributed by atoms with Gasteiger partial charge in [0.25, 0.3) is 0 Å². The van der Waals surface area contributed by atoms with Crippen LogP contribution in [0.25, 0.3) is 0 Å². The fourth-order valence-corrected chi connectivity index (χ4v) is 2.92. The molecule has 5 N–H and O–H groups in total. The van der Waals surface area contributed by atoms with Crippen molar-refractivity contribution in [2.24, 2.45) is 10.1 Å². The van der Waals surface area contributed by atoms with Crippen molar-refractivity contribution in [3.63, 3.8) is 0 Å². The van der Waals surface area contributed by atoms with Gasteiger partial charge in [-0.3, -0.25) is 4.99 Å². The lowest BCUT2D eigenvalue weighted by Gasteiger charge is -2.27. The molecule has 1 rings (SSSR count). The molecule has 178 valence electrons. The van der Waals surface area contributed by atoms with Gasteiger partial charge in [-0.1, -0.05) is 12.1 Å². The Kier molecular flexibility index (Phi) is 11.8. The zero-order valence-electron chi connectivity index (χ0n) is 19.1. The molecular weight excluding hydrogens is 533 g/mol. The average Bonchev–Trinajstić information content (AvgIpc) is 2.57. The highest BCUT2D eigenvalue weighted by Crippen LogP contribution is 2.10. The molecular formula is C20H36IN5O4S. The molecule has 0 atom stereocenters. The number of ether oxygens (including phenoxy) is 1. The second kappa shape index (κ2) is 12.4. The fourth-order valence-electron chi connectivity index (χ4n) is 2.41. The second-order valence-electron chi connectivity index (χ2n) is 8.57. The highest BCUT2D eigenvalue weighted by Gasteiger charge is 2.24. The summed E-state index contributed by atoms with van der Waals surface area (Å²) in [6.07, 6.45) is 0.193. The van der Waals surface area contributed by atoms with Crippen molar-refractivity contribution >= 4 is 46.1 Å². The van der Waals surface area contributed by atoms with Crippen molar-refractivity contribution < 1.29 is 17.9 Å². The van der Waals surface area contributed by atoms with E-state index >= 15 is 0 Å². The van der Waals surface area contributed by atoms with Crippen LogP contribution in [0.5, 0.6) is 0 Å². The summed E-state index contributed by atoms with van der Waals surface area (Å²) in [7, 11) is -3.68. The number of nitrogens with one attached hydrogen (secondary N) is 3. The Morgan fingerprint density at radius 3 is 2.16 bits per heavy atom. The number of carbonyl (C=O) groups excluding carboxylic acids is 1. The van der Waals surface area contributed by atoms with Gasteiger partial charge in [0, 0.05) is 13.1 Å². The predicted molar refractivity (Wildman–Crippen MR) is 134 cm³/mol. The van der Waals surface area contributed by atoms with Crippen LogP contribution in [0.4, 0.5) is 4.79 Å². The number of guanidine groups is 1. The lowest BCUT2D eigenvalue weighted by atomic mass is 10.1. The van der Waals surface area contributed by atoms with Crippen molar-refractivity contribution in [2.75, 3.05) is 19.6 Å². The van der Waals surface area contributed by atoms with Crippen LogP contribution < -0.4 is 21.1 Å². The van der Waals surface area contributed by atoms with Gasteiger partial charge in [-0.15, -0.1) is 24.0 Å². The maximum absolute atomic E-state index is 12.0. The number of amides is 1. The quantitative estimate of drug-likeness (QED) is 0.216. The molecule has 0 fully saturated rings. The molecule has 0 aliphatic rings. The molecule has 1 aromatic carbocycles. The maximum atomic E-state index is 12.0. The van der Waals surface area contributed by atoms with Gasteiger partial charge in [0.2, 0.25) is 10.0 Å². The van der Waals surface area contributed by atoms with E-state index in [0.29, 0.717) is 32.0 Å². The average molecular weight is 570 g/mol. The first-order chi connectivity index (χ1) is 13.7. The van der Waals surface area contributed by atoms with Crippen molar-refractivity contribution in [2.45, 2.75) is 64.0 Å².